The maximum atomic E-state index is 13.0. The molecule has 1 amide bonds. The van der Waals surface area contributed by atoms with Crippen molar-refractivity contribution in [1.82, 2.24) is 15.5 Å². The Morgan fingerprint density at radius 3 is 2.38 bits per heavy atom. The van der Waals surface area contributed by atoms with Gasteiger partial charge in [-0.1, -0.05) is 66.2 Å². The number of hydrogen-bond donors (Lipinski definition) is 1. The third-order valence-corrected chi connectivity index (χ3v) is 4.93. The average Bonchev–Trinajstić information content (AvgIpc) is 3.23. The van der Waals surface area contributed by atoms with E-state index in [9.17, 15) is 4.79 Å². The molecule has 29 heavy (non-hydrogen) atoms. The highest BCUT2D eigenvalue weighted by molar-refractivity contribution is 6.31. The van der Waals surface area contributed by atoms with Gasteiger partial charge in [-0.25, -0.2) is 0 Å². The number of amides is 1. The molecule has 0 aliphatic carbocycles. The van der Waals surface area contributed by atoms with E-state index in [1.54, 1.807) is 12.1 Å². The van der Waals surface area contributed by atoms with Crippen molar-refractivity contribution in [3.05, 3.63) is 106 Å². The van der Waals surface area contributed by atoms with Crippen molar-refractivity contribution >= 4 is 17.5 Å². The molecule has 0 spiro atoms. The number of aromatic nitrogens is 2. The standard InChI is InChI=1S/C23H18ClN3O2/c1-15-9-5-6-12-17(15)21(28)25-20(18-13-7-8-14-19(18)24)23-27-26-22(29-23)16-10-3-2-4-11-16/h2-14,20H,1H3,(H,25,28). The molecule has 3 aromatic carbocycles. The summed E-state index contributed by atoms with van der Waals surface area (Å²) in [5.74, 6) is 0.397. The lowest BCUT2D eigenvalue weighted by molar-refractivity contribution is 0.0937. The molecule has 1 unspecified atom stereocenters. The molecule has 144 valence electrons. The van der Waals surface area contributed by atoms with E-state index < -0.39 is 6.04 Å². The molecular formula is C23H18ClN3O2. The van der Waals surface area contributed by atoms with E-state index in [1.807, 2.05) is 73.7 Å². The summed E-state index contributed by atoms with van der Waals surface area (Å²) in [6, 6.07) is 23.4. The van der Waals surface area contributed by atoms with Crippen LogP contribution in [0.4, 0.5) is 0 Å². The molecule has 1 atom stereocenters. The first-order valence-corrected chi connectivity index (χ1v) is 9.51. The van der Waals surface area contributed by atoms with Crippen LogP contribution in [0.3, 0.4) is 0 Å². The predicted molar refractivity (Wildman–Crippen MR) is 112 cm³/mol. The van der Waals surface area contributed by atoms with Crippen LogP contribution in [0.5, 0.6) is 0 Å². The maximum Gasteiger partial charge on any atom is 0.252 e. The number of carbonyl (C=O) groups excluding carboxylic acids is 1. The van der Waals surface area contributed by atoms with E-state index in [0.29, 0.717) is 22.0 Å². The smallest absolute Gasteiger partial charge is 0.252 e. The molecule has 6 heteroatoms. The van der Waals surface area contributed by atoms with Crippen molar-refractivity contribution in [2.45, 2.75) is 13.0 Å². The van der Waals surface area contributed by atoms with Gasteiger partial charge in [0.2, 0.25) is 11.8 Å². The van der Waals surface area contributed by atoms with Gasteiger partial charge in [0.05, 0.1) is 0 Å². The highest BCUT2D eigenvalue weighted by Gasteiger charge is 2.26. The molecular weight excluding hydrogens is 386 g/mol. The van der Waals surface area contributed by atoms with Crippen LogP contribution in [-0.2, 0) is 0 Å². The molecule has 0 aliphatic rings. The lowest BCUT2D eigenvalue weighted by Gasteiger charge is -2.17. The zero-order valence-electron chi connectivity index (χ0n) is 15.7. The highest BCUT2D eigenvalue weighted by atomic mass is 35.5. The molecule has 5 nitrogen and oxygen atoms in total. The highest BCUT2D eigenvalue weighted by Crippen LogP contribution is 2.30. The van der Waals surface area contributed by atoms with E-state index in [2.05, 4.69) is 15.5 Å². The third kappa shape index (κ3) is 4.05. The van der Waals surface area contributed by atoms with Gasteiger partial charge in [0, 0.05) is 21.7 Å². The Labute approximate surface area is 173 Å². The van der Waals surface area contributed by atoms with Gasteiger partial charge < -0.3 is 9.73 Å². The number of nitrogens with zero attached hydrogens (tertiary/aromatic N) is 2. The van der Waals surface area contributed by atoms with Crippen LogP contribution >= 0.6 is 11.6 Å². The van der Waals surface area contributed by atoms with Crippen LogP contribution in [-0.4, -0.2) is 16.1 Å². The lowest BCUT2D eigenvalue weighted by Crippen LogP contribution is -2.30. The number of hydrogen-bond acceptors (Lipinski definition) is 4. The molecule has 0 saturated heterocycles. The zero-order valence-corrected chi connectivity index (χ0v) is 16.4. The van der Waals surface area contributed by atoms with Crippen LogP contribution in [0.25, 0.3) is 11.5 Å². The minimum atomic E-state index is -0.680. The van der Waals surface area contributed by atoms with Crippen LogP contribution in [0.2, 0.25) is 5.02 Å². The summed E-state index contributed by atoms with van der Waals surface area (Å²) < 4.78 is 5.91. The minimum Gasteiger partial charge on any atom is -0.418 e. The maximum absolute atomic E-state index is 13.0. The molecule has 4 rings (SSSR count). The fraction of sp³-hybridized carbons (Fsp3) is 0.0870. The van der Waals surface area contributed by atoms with E-state index in [4.69, 9.17) is 16.0 Å². The second kappa shape index (κ2) is 8.29. The number of benzene rings is 3. The number of halogens is 1. The van der Waals surface area contributed by atoms with Gasteiger partial charge in [-0.2, -0.15) is 0 Å². The monoisotopic (exact) mass is 403 g/mol. The summed E-state index contributed by atoms with van der Waals surface area (Å²) >= 11 is 6.41. The fourth-order valence-electron chi connectivity index (χ4n) is 3.07. The van der Waals surface area contributed by atoms with Gasteiger partial charge in [0.15, 0.2) is 0 Å². The first kappa shape index (κ1) is 18.9. The van der Waals surface area contributed by atoms with Crippen LogP contribution in [0.15, 0.2) is 83.3 Å². The molecule has 1 aromatic heterocycles. The summed E-state index contributed by atoms with van der Waals surface area (Å²) in [7, 11) is 0. The number of nitrogens with one attached hydrogen (secondary N) is 1. The van der Waals surface area contributed by atoms with Gasteiger partial charge in [-0.15, -0.1) is 10.2 Å². The summed E-state index contributed by atoms with van der Waals surface area (Å²) in [4.78, 5) is 13.0. The second-order valence-corrected chi connectivity index (χ2v) is 6.96. The van der Waals surface area contributed by atoms with Crippen LogP contribution in [0, 0.1) is 6.92 Å². The molecule has 0 radical (unpaired) electrons. The molecule has 4 aromatic rings. The second-order valence-electron chi connectivity index (χ2n) is 6.55. The first-order chi connectivity index (χ1) is 14.1. The number of rotatable bonds is 5. The van der Waals surface area contributed by atoms with Crippen molar-refractivity contribution in [2.75, 3.05) is 0 Å². The Hall–Kier alpha value is -3.44. The third-order valence-electron chi connectivity index (χ3n) is 4.59. The molecule has 0 aliphatic heterocycles. The zero-order chi connectivity index (χ0) is 20.2. The number of carbonyl (C=O) groups is 1. The average molecular weight is 404 g/mol. The quantitative estimate of drug-likeness (QED) is 0.496. The van der Waals surface area contributed by atoms with Gasteiger partial charge in [0.1, 0.15) is 6.04 Å². The molecule has 1 N–H and O–H groups in total. The number of aryl methyl sites for hydroxylation is 1. The Morgan fingerprint density at radius 2 is 1.62 bits per heavy atom. The van der Waals surface area contributed by atoms with E-state index in [1.165, 1.54) is 0 Å². The predicted octanol–water partition coefficient (Wildman–Crippen LogP) is 5.22. The molecule has 1 heterocycles. The van der Waals surface area contributed by atoms with E-state index >= 15 is 0 Å². The van der Waals surface area contributed by atoms with Crippen LogP contribution < -0.4 is 5.32 Å². The van der Waals surface area contributed by atoms with Crippen molar-refractivity contribution in [3.8, 4) is 11.5 Å². The molecule has 0 fully saturated rings. The van der Waals surface area contributed by atoms with Crippen molar-refractivity contribution in [2.24, 2.45) is 0 Å². The molecule has 0 saturated carbocycles. The van der Waals surface area contributed by atoms with Crippen molar-refractivity contribution in [1.29, 1.82) is 0 Å². The van der Waals surface area contributed by atoms with E-state index in [0.717, 1.165) is 11.1 Å². The first-order valence-electron chi connectivity index (χ1n) is 9.13. The topological polar surface area (TPSA) is 68.0 Å². The largest absolute Gasteiger partial charge is 0.418 e. The fourth-order valence-corrected chi connectivity index (χ4v) is 3.31. The normalized spacial score (nSPS) is 11.8. The summed E-state index contributed by atoms with van der Waals surface area (Å²) in [5.41, 5.74) is 2.93. The minimum absolute atomic E-state index is 0.243. The molecule has 0 bridgehead atoms. The summed E-state index contributed by atoms with van der Waals surface area (Å²) in [5, 5.41) is 11.8. The SMILES string of the molecule is Cc1ccccc1C(=O)NC(c1nnc(-c2ccccc2)o1)c1ccccc1Cl. The summed E-state index contributed by atoms with van der Waals surface area (Å²) in [6.07, 6.45) is 0. The Morgan fingerprint density at radius 1 is 0.931 bits per heavy atom. The van der Waals surface area contributed by atoms with Crippen molar-refractivity contribution in [3.63, 3.8) is 0 Å². The lowest BCUT2D eigenvalue weighted by atomic mass is 10.0. The van der Waals surface area contributed by atoms with Crippen molar-refractivity contribution < 1.29 is 9.21 Å². The van der Waals surface area contributed by atoms with Gasteiger partial charge in [0.25, 0.3) is 5.91 Å². The van der Waals surface area contributed by atoms with Gasteiger partial charge >= 0.3 is 0 Å². The van der Waals surface area contributed by atoms with Crippen LogP contribution in [0.1, 0.15) is 33.4 Å². The Balaban J connectivity index is 1.72. The van der Waals surface area contributed by atoms with Gasteiger partial charge in [-0.05, 0) is 36.8 Å². The van der Waals surface area contributed by atoms with Gasteiger partial charge in [-0.3, -0.25) is 4.79 Å². The Bertz CT molecular complexity index is 1140. The summed E-state index contributed by atoms with van der Waals surface area (Å²) in [6.45, 7) is 1.89. The Kier molecular flexibility index (Phi) is 5.40. The van der Waals surface area contributed by atoms with E-state index in [-0.39, 0.29) is 11.8 Å².